The van der Waals surface area contributed by atoms with Crippen LogP contribution in [0.25, 0.3) is 0 Å². The molecular weight excluding hydrogens is 260 g/mol. The lowest BCUT2D eigenvalue weighted by Crippen LogP contribution is -2.15. The molecule has 2 aromatic rings. The van der Waals surface area contributed by atoms with Crippen LogP contribution in [0.3, 0.4) is 0 Å². The van der Waals surface area contributed by atoms with Gasteiger partial charge in [0.2, 0.25) is 0 Å². The number of hydrogen-bond acceptors (Lipinski definition) is 3. The zero-order chi connectivity index (χ0) is 16.0. The summed E-state index contributed by atoms with van der Waals surface area (Å²) in [4.78, 5) is 8.36. The Balaban J connectivity index is 0.000000211. The first-order valence-corrected chi connectivity index (χ1v) is 7.28. The van der Waals surface area contributed by atoms with Crippen molar-refractivity contribution < 1.29 is 5.11 Å². The fourth-order valence-electron chi connectivity index (χ4n) is 1.65. The molecule has 3 heteroatoms. The first kappa shape index (κ1) is 17.3. The molecule has 0 aliphatic carbocycles. The summed E-state index contributed by atoms with van der Waals surface area (Å²) in [5, 5.41) is 9.54. The number of aliphatic hydroxyl groups is 1. The Hall–Kier alpha value is -1.74. The second-order valence-electron chi connectivity index (χ2n) is 6.16. The second-order valence-corrected chi connectivity index (χ2v) is 6.16. The smallest absolute Gasteiger partial charge is 0.0855 e. The highest BCUT2D eigenvalue weighted by Gasteiger charge is 2.15. The first-order chi connectivity index (χ1) is 9.70. The van der Waals surface area contributed by atoms with Crippen molar-refractivity contribution in [2.45, 2.75) is 53.1 Å². The predicted molar refractivity (Wildman–Crippen MR) is 87.3 cm³/mol. The van der Waals surface area contributed by atoms with E-state index in [-0.39, 0.29) is 0 Å². The molecule has 0 aliphatic rings. The number of nitrogens with zero attached hydrogens (tertiary/aromatic N) is 2. The van der Waals surface area contributed by atoms with E-state index in [2.05, 4.69) is 42.9 Å². The van der Waals surface area contributed by atoms with E-state index < -0.39 is 5.60 Å². The van der Waals surface area contributed by atoms with Gasteiger partial charge in [-0.25, -0.2) is 0 Å². The van der Waals surface area contributed by atoms with Crippen LogP contribution in [-0.2, 0) is 5.60 Å². The summed E-state index contributed by atoms with van der Waals surface area (Å²) in [5.41, 5.74) is 3.44. The van der Waals surface area contributed by atoms with E-state index >= 15 is 0 Å². The average Bonchev–Trinajstić information content (AvgIpc) is 2.39. The molecular formula is C18H26N2O. The highest BCUT2D eigenvalue weighted by Crippen LogP contribution is 2.17. The van der Waals surface area contributed by atoms with Gasteiger partial charge in [0.15, 0.2) is 0 Å². The summed E-state index contributed by atoms with van der Waals surface area (Å²) in [7, 11) is 0. The minimum atomic E-state index is -0.777. The van der Waals surface area contributed by atoms with Crippen LogP contribution >= 0.6 is 0 Å². The van der Waals surface area contributed by atoms with Gasteiger partial charge in [-0.3, -0.25) is 9.97 Å². The molecule has 0 saturated heterocycles. The Morgan fingerprint density at radius 1 is 0.952 bits per heavy atom. The average molecular weight is 286 g/mol. The van der Waals surface area contributed by atoms with Crippen molar-refractivity contribution >= 4 is 0 Å². The maximum atomic E-state index is 9.54. The highest BCUT2D eigenvalue weighted by molar-refractivity contribution is 5.18. The molecule has 0 saturated carbocycles. The molecule has 2 aromatic heterocycles. The molecule has 0 aliphatic heterocycles. The van der Waals surface area contributed by atoms with Gasteiger partial charge in [0.05, 0.1) is 5.60 Å². The van der Waals surface area contributed by atoms with E-state index in [9.17, 15) is 5.11 Å². The molecule has 0 bridgehead atoms. The molecule has 114 valence electrons. The molecule has 3 nitrogen and oxygen atoms in total. The molecule has 21 heavy (non-hydrogen) atoms. The van der Waals surface area contributed by atoms with E-state index in [1.807, 2.05) is 25.3 Å². The quantitative estimate of drug-likeness (QED) is 0.903. The molecule has 0 unspecified atom stereocenters. The van der Waals surface area contributed by atoms with Crippen LogP contribution in [0.4, 0.5) is 0 Å². The van der Waals surface area contributed by atoms with Crippen LogP contribution in [0.2, 0.25) is 0 Å². The summed E-state index contributed by atoms with van der Waals surface area (Å²) in [6.07, 6.45) is 3.62. The molecule has 1 N–H and O–H groups in total. The number of aryl methyl sites for hydroxylation is 2. The van der Waals surface area contributed by atoms with E-state index in [4.69, 9.17) is 0 Å². The molecule has 2 heterocycles. The van der Waals surface area contributed by atoms with Gasteiger partial charge in [0.1, 0.15) is 0 Å². The Morgan fingerprint density at radius 2 is 1.62 bits per heavy atom. The van der Waals surface area contributed by atoms with Crippen molar-refractivity contribution in [3.05, 3.63) is 59.2 Å². The fourth-order valence-corrected chi connectivity index (χ4v) is 1.65. The number of hydrogen-bond donors (Lipinski definition) is 1. The zero-order valence-electron chi connectivity index (χ0n) is 13.9. The van der Waals surface area contributed by atoms with Crippen LogP contribution in [-0.4, -0.2) is 15.1 Å². The van der Waals surface area contributed by atoms with Gasteiger partial charge >= 0.3 is 0 Å². The normalized spacial score (nSPS) is 11.0. The van der Waals surface area contributed by atoms with Gasteiger partial charge in [0.25, 0.3) is 0 Å². The minimum Gasteiger partial charge on any atom is -0.386 e. The Bertz CT molecular complexity index is 537. The number of pyridine rings is 2. The lowest BCUT2D eigenvalue weighted by Gasteiger charge is -2.16. The molecule has 0 spiro atoms. The SMILES string of the molecule is Cc1ccc(C(C)(C)O)cn1.Cc1ccc(C(C)C)nc1. The first-order valence-electron chi connectivity index (χ1n) is 7.28. The highest BCUT2D eigenvalue weighted by atomic mass is 16.3. The summed E-state index contributed by atoms with van der Waals surface area (Å²) >= 11 is 0. The maximum absolute atomic E-state index is 9.54. The molecule has 0 fully saturated rings. The predicted octanol–water partition coefficient (Wildman–Crippen LogP) is 4.13. The fraction of sp³-hybridized carbons (Fsp3) is 0.444. The van der Waals surface area contributed by atoms with Crippen molar-refractivity contribution in [3.63, 3.8) is 0 Å². The number of aromatic nitrogens is 2. The van der Waals surface area contributed by atoms with Crippen LogP contribution in [0.5, 0.6) is 0 Å². The van der Waals surface area contributed by atoms with E-state index in [0.29, 0.717) is 5.92 Å². The van der Waals surface area contributed by atoms with Gasteiger partial charge in [-0.05, 0) is 51.3 Å². The Kier molecular flexibility index (Phi) is 6.03. The largest absolute Gasteiger partial charge is 0.386 e. The van der Waals surface area contributed by atoms with Crippen LogP contribution < -0.4 is 0 Å². The van der Waals surface area contributed by atoms with Crippen molar-refractivity contribution in [1.82, 2.24) is 9.97 Å². The summed E-state index contributed by atoms with van der Waals surface area (Å²) in [5.74, 6) is 0.542. The molecule has 2 rings (SSSR count). The van der Waals surface area contributed by atoms with Crippen LogP contribution in [0.1, 0.15) is 56.1 Å². The molecule has 0 amide bonds. The van der Waals surface area contributed by atoms with Crippen molar-refractivity contribution in [2.24, 2.45) is 0 Å². The third-order valence-electron chi connectivity index (χ3n) is 3.14. The summed E-state index contributed by atoms with van der Waals surface area (Å²) in [6.45, 7) is 11.8. The summed E-state index contributed by atoms with van der Waals surface area (Å²) in [6, 6.07) is 7.97. The maximum Gasteiger partial charge on any atom is 0.0855 e. The van der Waals surface area contributed by atoms with E-state index in [1.54, 1.807) is 20.0 Å². The molecule has 0 atom stereocenters. The van der Waals surface area contributed by atoms with E-state index in [1.165, 1.54) is 11.3 Å². The minimum absolute atomic E-state index is 0.542. The third kappa shape index (κ3) is 6.05. The third-order valence-corrected chi connectivity index (χ3v) is 3.14. The van der Waals surface area contributed by atoms with Gasteiger partial charge < -0.3 is 5.11 Å². The van der Waals surface area contributed by atoms with Gasteiger partial charge in [-0.1, -0.05) is 26.0 Å². The summed E-state index contributed by atoms with van der Waals surface area (Å²) < 4.78 is 0. The molecule has 0 radical (unpaired) electrons. The topological polar surface area (TPSA) is 46.0 Å². The van der Waals surface area contributed by atoms with Gasteiger partial charge in [0, 0.05) is 29.3 Å². The lowest BCUT2D eigenvalue weighted by molar-refractivity contribution is 0.0782. The van der Waals surface area contributed by atoms with Crippen molar-refractivity contribution in [1.29, 1.82) is 0 Å². The van der Waals surface area contributed by atoms with Gasteiger partial charge in [-0.15, -0.1) is 0 Å². The van der Waals surface area contributed by atoms with E-state index in [0.717, 1.165) is 11.3 Å². The monoisotopic (exact) mass is 286 g/mol. The Labute approximate surface area is 128 Å². The Morgan fingerprint density at radius 3 is 2.00 bits per heavy atom. The van der Waals surface area contributed by atoms with Crippen LogP contribution in [0.15, 0.2) is 36.7 Å². The van der Waals surface area contributed by atoms with Crippen molar-refractivity contribution in [3.8, 4) is 0 Å². The molecule has 0 aromatic carbocycles. The zero-order valence-corrected chi connectivity index (χ0v) is 13.9. The van der Waals surface area contributed by atoms with Gasteiger partial charge in [-0.2, -0.15) is 0 Å². The lowest BCUT2D eigenvalue weighted by atomic mass is 10.0. The standard InChI is InChI=1S/C9H13NO.C9H13N/c1-7-4-5-8(6-10-7)9(2,3)11;1-7(2)9-5-4-8(3)6-10-9/h4-6,11H,1-3H3;4-7H,1-3H3. The van der Waals surface area contributed by atoms with Crippen LogP contribution in [0, 0.1) is 13.8 Å². The van der Waals surface area contributed by atoms with Crippen molar-refractivity contribution in [2.75, 3.05) is 0 Å². The second kappa shape index (κ2) is 7.32. The number of rotatable bonds is 2.